The smallest absolute Gasteiger partial charge is 0.257 e. The van der Waals surface area contributed by atoms with Crippen molar-refractivity contribution in [3.8, 4) is 0 Å². The molecule has 0 aliphatic heterocycles. The standard InChI is InChI=1S/C19H17BrN2O2/c1-11-3-5-13(6-4-11)12(2)22-19(23)16-10-14-9-15(20)7-8-17(14)24-18(16)21/h3-10,12,21H,1-2H3,(H,22,23)/t12-/m1/s1. The third-order valence-corrected chi connectivity index (χ3v) is 4.39. The lowest BCUT2D eigenvalue weighted by Gasteiger charge is -2.14. The van der Waals surface area contributed by atoms with Gasteiger partial charge in [-0.25, -0.2) is 0 Å². The molecule has 1 amide bonds. The van der Waals surface area contributed by atoms with Gasteiger partial charge in [0.25, 0.3) is 5.91 Å². The fourth-order valence-electron chi connectivity index (χ4n) is 2.49. The van der Waals surface area contributed by atoms with Crippen molar-refractivity contribution in [3.05, 3.63) is 75.2 Å². The summed E-state index contributed by atoms with van der Waals surface area (Å²) in [7, 11) is 0. The third-order valence-electron chi connectivity index (χ3n) is 3.90. The van der Waals surface area contributed by atoms with Crippen LogP contribution in [0.25, 0.3) is 11.0 Å². The summed E-state index contributed by atoms with van der Waals surface area (Å²) in [6, 6.07) is 15.0. The van der Waals surface area contributed by atoms with Gasteiger partial charge in [-0.2, -0.15) is 0 Å². The molecule has 0 fully saturated rings. The molecule has 0 bridgehead atoms. The molecule has 0 spiro atoms. The highest BCUT2D eigenvalue weighted by Crippen LogP contribution is 2.20. The van der Waals surface area contributed by atoms with Crippen molar-refractivity contribution in [3.63, 3.8) is 0 Å². The number of hydrogen-bond acceptors (Lipinski definition) is 3. The van der Waals surface area contributed by atoms with Crippen LogP contribution in [0, 0.1) is 12.3 Å². The van der Waals surface area contributed by atoms with Crippen LogP contribution < -0.4 is 10.9 Å². The first-order chi connectivity index (χ1) is 11.4. The van der Waals surface area contributed by atoms with Gasteiger partial charge in [-0.1, -0.05) is 45.8 Å². The van der Waals surface area contributed by atoms with Crippen LogP contribution in [-0.4, -0.2) is 5.91 Å². The molecular weight excluding hydrogens is 368 g/mol. The minimum absolute atomic E-state index is 0.140. The second-order valence-electron chi connectivity index (χ2n) is 5.78. The summed E-state index contributed by atoms with van der Waals surface area (Å²) in [5.74, 6) is -0.321. The Morgan fingerprint density at radius 1 is 1.17 bits per heavy atom. The molecule has 1 atom stereocenters. The van der Waals surface area contributed by atoms with E-state index in [9.17, 15) is 4.79 Å². The van der Waals surface area contributed by atoms with Crippen molar-refractivity contribution in [1.82, 2.24) is 5.32 Å². The topological polar surface area (TPSA) is 66.1 Å². The zero-order chi connectivity index (χ0) is 17.3. The molecule has 24 heavy (non-hydrogen) atoms. The van der Waals surface area contributed by atoms with Crippen molar-refractivity contribution < 1.29 is 9.21 Å². The summed E-state index contributed by atoms with van der Waals surface area (Å²) in [5.41, 5.74) is 2.84. The summed E-state index contributed by atoms with van der Waals surface area (Å²) in [5, 5.41) is 11.7. The lowest BCUT2D eigenvalue weighted by molar-refractivity contribution is 0.0935. The number of benzene rings is 2. The molecule has 0 aliphatic carbocycles. The van der Waals surface area contributed by atoms with Crippen molar-refractivity contribution in [2.75, 3.05) is 0 Å². The molecule has 0 saturated heterocycles. The summed E-state index contributed by atoms with van der Waals surface area (Å²) < 4.78 is 6.35. The van der Waals surface area contributed by atoms with Gasteiger partial charge in [0.15, 0.2) is 0 Å². The van der Waals surface area contributed by atoms with Crippen LogP contribution in [0.15, 0.2) is 57.4 Å². The maximum Gasteiger partial charge on any atom is 0.257 e. The number of carbonyl (C=O) groups excluding carboxylic acids is 1. The van der Waals surface area contributed by atoms with Crippen molar-refractivity contribution >= 4 is 32.8 Å². The Labute approximate surface area is 148 Å². The quantitative estimate of drug-likeness (QED) is 0.699. The lowest BCUT2D eigenvalue weighted by atomic mass is 10.1. The van der Waals surface area contributed by atoms with E-state index in [2.05, 4.69) is 21.2 Å². The highest BCUT2D eigenvalue weighted by atomic mass is 79.9. The second-order valence-corrected chi connectivity index (χ2v) is 6.69. The predicted molar refractivity (Wildman–Crippen MR) is 96.8 cm³/mol. The van der Waals surface area contributed by atoms with Crippen molar-refractivity contribution in [2.24, 2.45) is 0 Å². The molecular formula is C19H17BrN2O2. The number of amides is 1. The van der Waals surface area contributed by atoms with E-state index in [1.165, 1.54) is 5.56 Å². The number of halogens is 1. The average Bonchev–Trinajstić information content (AvgIpc) is 2.55. The largest absolute Gasteiger partial charge is 0.438 e. The molecule has 1 aromatic heterocycles. The summed E-state index contributed by atoms with van der Waals surface area (Å²) in [6.45, 7) is 3.94. The molecule has 5 heteroatoms. The molecule has 4 nitrogen and oxygen atoms in total. The van der Waals surface area contributed by atoms with Gasteiger partial charge < -0.3 is 9.73 Å². The molecule has 0 unspecified atom stereocenters. The Morgan fingerprint density at radius 2 is 1.88 bits per heavy atom. The third kappa shape index (κ3) is 3.41. The summed E-state index contributed by atoms with van der Waals surface area (Å²) in [6.07, 6.45) is 0. The summed E-state index contributed by atoms with van der Waals surface area (Å²) in [4.78, 5) is 12.5. The maximum absolute atomic E-state index is 12.5. The monoisotopic (exact) mass is 384 g/mol. The molecule has 3 aromatic rings. The molecule has 2 N–H and O–H groups in total. The van der Waals surface area contributed by atoms with Crippen LogP contribution in [0.1, 0.15) is 34.5 Å². The molecule has 3 rings (SSSR count). The van der Waals surface area contributed by atoms with Crippen molar-refractivity contribution in [1.29, 1.82) is 5.41 Å². The Morgan fingerprint density at radius 3 is 2.58 bits per heavy atom. The minimum atomic E-state index is -0.321. The molecule has 0 saturated carbocycles. The second kappa shape index (κ2) is 6.61. The van der Waals surface area contributed by atoms with Gasteiger partial charge in [-0.15, -0.1) is 0 Å². The van der Waals surface area contributed by atoms with Crippen LogP contribution in [0.2, 0.25) is 0 Å². The number of rotatable bonds is 3. The molecule has 2 aromatic carbocycles. The SMILES string of the molecule is Cc1ccc([C@@H](C)NC(=O)c2cc3cc(Br)ccc3oc2=N)cc1. The number of nitrogens with one attached hydrogen (secondary N) is 2. The average molecular weight is 385 g/mol. The van der Waals surface area contributed by atoms with Crippen LogP contribution in [0.3, 0.4) is 0 Å². The van der Waals surface area contributed by atoms with E-state index in [0.29, 0.717) is 5.58 Å². The Kier molecular flexibility index (Phi) is 4.53. The van der Waals surface area contributed by atoms with Crippen LogP contribution in [0.4, 0.5) is 0 Å². The van der Waals surface area contributed by atoms with Crippen LogP contribution in [0.5, 0.6) is 0 Å². The number of hydrogen-bond donors (Lipinski definition) is 2. The Bertz CT molecular complexity index is 961. The van der Waals surface area contributed by atoms with Gasteiger partial charge >= 0.3 is 0 Å². The highest BCUT2D eigenvalue weighted by molar-refractivity contribution is 9.10. The molecule has 122 valence electrons. The minimum Gasteiger partial charge on any atom is -0.438 e. The van der Waals surface area contributed by atoms with Gasteiger partial charge in [-0.05, 0) is 43.7 Å². The lowest BCUT2D eigenvalue weighted by Crippen LogP contribution is -2.30. The fourth-order valence-corrected chi connectivity index (χ4v) is 2.87. The first-order valence-electron chi connectivity index (χ1n) is 7.59. The van der Waals surface area contributed by atoms with Gasteiger partial charge in [0, 0.05) is 9.86 Å². The van der Waals surface area contributed by atoms with Crippen LogP contribution in [-0.2, 0) is 0 Å². The van der Waals surface area contributed by atoms with Gasteiger partial charge in [0.1, 0.15) is 11.1 Å². The fraction of sp³-hybridized carbons (Fsp3) is 0.158. The van der Waals surface area contributed by atoms with Crippen LogP contribution >= 0.6 is 15.9 Å². The predicted octanol–water partition coefficient (Wildman–Crippen LogP) is 4.47. The van der Waals surface area contributed by atoms with E-state index < -0.39 is 0 Å². The number of fused-ring (bicyclic) bond motifs is 1. The first-order valence-corrected chi connectivity index (χ1v) is 8.39. The van der Waals surface area contributed by atoms with E-state index in [1.807, 2.05) is 50.2 Å². The zero-order valence-corrected chi connectivity index (χ0v) is 15.0. The number of aryl methyl sites for hydroxylation is 1. The zero-order valence-electron chi connectivity index (χ0n) is 13.4. The molecule has 0 aliphatic rings. The first kappa shape index (κ1) is 16.5. The van der Waals surface area contributed by atoms with E-state index >= 15 is 0 Å². The van der Waals surface area contributed by atoms with E-state index in [0.717, 1.165) is 15.4 Å². The Hall–Kier alpha value is -2.40. The summed E-state index contributed by atoms with van der Waals surface area (Å²) >= 11 is 3.40. The normalized spacial score (nSPS) is 12.1. The van der Waals surface area contributed by atoms with E-state index in [4.69, 9.17) is 9.83 Å². The molecule has 1 heterocycles. The van der Waals surface area contributed by atoms with Gasteiger partial charge in [-0.3, -0.25) is 10.2 Å². The number of carbonyl (C=O) groups is 1. The Balaban J connectivity index is 1.89. The van der Waals surface area contributed by atoms with Gasteiger partial charge in [0.2, 0.25) is 5.55 Å². The molecule has 0 radical (unpaired) electrons. The van der Waals surface area contributed by atoms with E-state index in [1.54, 1.807) is 12.1 Å². The van der Waals surface area contributed by atoms with E-state index in [-0.39, 0.29) is 23.1 Å². The van der Waals surface area contributed by atoms with Gasteiger partial charge in [0.05, 0.1) is 6.04 Å². The van der Waals surface area contributed by atoms with Crippen molar-refractivity contribution in [2.45, 2.75) is 19.9 Å². The maximum atomic E-state index is 12.5. The highest BCUT2D eigenvalue weighted by Gasteiger charge is 2.15.